The van der Waals surface area contributed by atoms with Crippen molar-refractivity contribution in [1.29, 1.82) is 0 Å². The second kappa shape index (κ2) is 13.7. The zero-order valence-corrected chi connectivity index (χ0v) is 22.9. The van der Waals surface area contributed by atoms with E-state index in [1.54, 1.807) is 12.3 Å². The van der Waals surface area contributed by atoms with E-state index in [9.17, 15) is 29.1 Å². The number of carboxylic acid groups (broad SMARTS) is 3. The number of halogens is 1. The first-order valence-electron chi connectivity index (χ1n) is 12.7. The van der Waals surface area contributed by atoms with Crippen LogP contribution >= 0.6 is 11.6 Å². The van der Waals surface area contributed by atoms with Crippen LogP contribution in [0, 0.1) is 5.92 Å². The molecule has 0 saturated heterocycles. The third kappa shape index (κ3) is 7.92. The Balaban J connectivity index is 1.70. The number of nitrogens with two attached hydrogens (primary N) is 3. The number of hydrogen-bond donors (Lipinski definition) is 8. The first-order chi connectivity index (χ1) is 19.8. The Bertz CT molecular complexity index is 1530. The number of rotatable bonds is 15. The van der Waals surface area contributed by atoms with Crippen LogP contribution in [0.2, 0.25) is 5.02 Å². The number of nitrogens with zero attached hydrogens (tertiary/aromatic N) is 2. The van der Waals surface area contributed by atoms with E-state index in [-0.39, 0.29) is 22.4 Å². The molecule has 11 N–H and O–H groups in total. The highest BCUT2D eigenvalue weighted by Crippen LogP contribution is 2.26. The summed E-state index contributed by atoms with van der Waals surface area (Å²) in [5.41, 5.74) is 19.2. The first-order valence-corrected chi connectivity index (χ1v) is 13.1. The van der Waals surface area contributed by atoms with Gasteiger partial charge in [-0.2, -0.15) is 9.97 Å². The van der Waals surface area contributed by atoms with Gasteiger partial charge in [-0.15, -0.1) is 0 Å². The van der Waals surface area contributed by atoms with Crippen LogP contribution in [-0.2, 0) is 32.0 Å². The molecular formula is C26H30ClN7O8. The minimum absolute atomic E-state index is 0.0464. The van der Waals surface area contributed by atoms with Gasteiger partial charge in [0.15, 0.2) is 5.78 Å². The maximum absolute atomic E-state index is 13.0. The molecule has 42 heavy (non-hydrogen) atoms. The molecule has 16 heteroatoms. The molecule has 0 bridgehead atoms. The molecule has 2 heterocycles. The summed E-state index contributed by atoms with van der Waals surface area (Å²) in [5.74, 6) is -7.86. The van der Waals surface area contributed by atoms with E-state index in [1.807, 2.05) is 0 Å². The van der Waals surface area contributed by atoms with Crippen molar-refractivity contribution in [2.45, 2.75) is 50.6 Å². The first kappa shape index (κ1) is 31.8. The number of ketones is 1. The zero-order chi connectivity index (χ0) is 31.1. The quantitative estimate of drug-likeness (QED) is 0.113. The normalized spacial score (nSPS) is 13.3. The minimum atomic E-state index is -1.88. The molecule has 0 fully saturated rings. The molecule has 224 valence electrons. The highest BCUT2D eigenvalue weighted by atomic mass is 35.5. The van der Waals surface area contributed by atoms with Crippen LogP contribution in [0.3, 0.4) is 0 Å². The van der Waals surface area contributed by atoms with Gasteiger partial charge in [-0.05, 0) is 55.4 Å². The molecule has 0 aliphatic rings. The molecule has 0 saturated carbocycles. The number of aliphatic carboxylic acids is 3. The Morgan fingerprint density at radius 1 is 1.00 bits per heavy atom. The lowest BCUT2D eigenvalue weighted by atomic mass is 9.89. The van der Waals surface area contributed by atoms with Crippen LogP contribution in [0.4, 0.5) is 11.8 Å². The summed E-state index contributed by atoms with van der Waals surface area (Å²) in [4.78, 5) is 71.0. The molecule has 0 aliphatic heterocycles. The number of fused-ring (bicyclic) bond motifs is 1. The molecule has 0 aliphatic carbocycles. The lowest BCUT2D eigenvalue weighted by Gasteiger charge is -2.22. The third-order valence-corrected chi connectivity index (χ3v) is 6.96. The number of Topliss-reactive ketones (excluding diaryl/α,β-unsaturated/α-hetero) is 1. The van der Waals surface area contributed by atoms with Crippen molar-refractivity contribution in [3.05, 3.63) is 46.1 Å². The number of anilines is 2. The maximum Gasteiger partial charge on any atom is 0.320 e. The average Bonchev–Trinajstić information content (AvgIpc) is 3.32. The van der Waals surface area contributed by atoms with Gasteiger partial charge in [0.1, 0.15) is 23.4 Å². The predicted octanol–water partition coefficient (Wildman–Crippen LogP) is 0.986. The van der Waals surface area contributed by atoms with Gasteiger partial charge < -0.3 is 42.8 Å². The number of H-pyrrole nitrogens is 1. The summed E-state index contributed by atoms with van der Waals surface area (Å²) in [5, 5.41) is 30.9. The van der Waals surface area contributed by atoms with Gasteiger partial charge in [0, 0.05) is 23.2 Å². The minimum Gasteiger partial charge on any atom is -0.481 e. The Kier molecular flexibility index (Phi) is 10.4. The Morgan fingerprint density at radius 2 is 1.69 bits per heavy atom. The lowest BCUT2D eigenvalue weighted by molar-refractivity contribution is -0.148. The van der Waals surface area contributed by atoms with Gasteiger partial charge >= 0.3 is 17.9 Å². The molecule has 0 spiro atoms. The summed E-state index contributed by atoms with van der Waals surface area (Å²) in [7, 11) is 0. The number of carbonyl (C=O) groups excluding carboxylic acids is 2. The van der Waals surface area contributed by atoms with Gasteiger partial charge in [0.2, 0.25) is 5.95 Å². The molecule has 2 aromatic heterocycles. The molecule has 1 aromatic carbocycles. The number of amides is 1. The summed E-state index contributed by atoms with van der Waals surface area (Å²) >= 11 is 6.42. The Morgan fingerprint density at radius 3 is 2.31 bits per heavy atom. The second-order valence-corrected chi connectivity index (χ2v) is 10.0. The van der Waals surface area contributed by atoms with Crippen molar-refractivity contribution < 1.29 is 39.3 Å². The fourth-order valence-electron chi connectivity index (χ4n) is 4.43. The number of aromatic amines is 1. The number of aryl methyl sites for hydroxylation is 2. The monoisotopic (exact) mass is 603 g/mol. The molecule has 15 nitrogen and oxygen atoms in total. The van der Waals surface area contributed by atoms with Gasteiger partial charge in [0.05, 0.1) is 11.4 Å². The number of carboxylic acids is 3. The number of carbonyl (C=O) groups is 5. The summed E-state index contributed by atoms with van der Waals surface area (Å²) in [6, 6.07) is 1.28. The smallest absolute Gasteiger partial charge is 0.320 e. The molecule has 3 rings (SSSR count). The molecule has 0 radical (unpaired) electrons. The summed E-state index contributed by atoms with van der Waals surface area (Å²) in [6.45, 7) is 0. The van der Waals surface area contributed by atoms with E-state index < -0.39 is 66.9 Å². The van der Waals surface area contributed by atoms with Gasteiger partial charge in [-0.3, -0.25) is 24.0 Å². The summed E-state index contributed by atoms with van der Waals surface area (Å²) in [6.07, 6.45) is 1.85. The van der Waals surface area contributed by atoms with Crippen molar-refractivity contribution in [1.82, 2.24) is 20.3 Å². The van der Waals surface area contributed by atoms with Crippen molar-refractivity contribution in [3.8, 4) is 0 Å². The Hall–Kier alpha value is -4.76. The number of aromatic nitrogens is 3. The van der Waals surface area contributed by atoms with Crippen molar-refractivity contribution in [3.63, 3.8) is 0 Å². The van der Waals surface area contributed by atoms with E-state index in [4.69, 9.17) is 39.0 Å². The van der Waals surface area contributed by atoms with Gasteiger partial charge in [-0.1, -0.05) is 17.7 Å². The highest BCUT2D eigenvalue weighted by molar-refractivity contribution is 6.31. The van der Waals surface area contributed by atoms with E-state index >= 15 is 0 Å². The number of nitrogen functional groups attached to an aromatic ring is 2. The fourth-order valence-corrected chi connectivity index (χ4v) is 4.71. The maximum atomic E-state index is 13.0. The van der Waals surface area contributed by atoms with E-state index in [1.165, 1.54) is 12.1 Å². The van der Waals surface area contributed by atoms with Gasteiger partial charge in [0.25, 0.3) is 5.91 Å². The molecular weight excluding hydrogens is 574 g/mol. The summed E-state index contributed by atoms with van der Waals surface area (Å²) < 4.78 is 0. The molecule has 3 aromatic rings. The van der Waals surface area contributed by atoms with E-state index in [2.05, 4.69) is 20.3 Å². The van der Waals surface area contributed by atoms with Crippen LogP contribution in [-0.4, -0.2) is 72.0 Å². The topological polar surface area (TPSA) is 278 Å². The molecule has 1 unspecified atom stereocenters. The van der Waals surface area contributed by atoms with Gasteiger partial charge in [-0.25, -0.2) is 0 Å². The lowest BCUT2D eigenvalue weighted by Crippen LogP contribution is -2.47. The van der Waals surface area contributed by atoms with Crippen LogP contribution in [0.1, 0.15) is 47.2 Å². The molecule has 1 amide bonds. The largest absolute Gasteiger partial charge is 0.481 e. The van der Waals surface area contributed by atoms with Crippen molar-refractivity contribution >= 4 is 64.0 Å². The van der Waals surface area contributed by atoms with Crippen molar-refractivity contribution in [2.24, 2.45) is 11.7 Å². The number of benzene rings is 1. The number of hydrogen-bond acceptors (Lipinski definition) is 10. The Labute approximate surface area is 243 Å². The van der Waals surface area contributed by atoms with E-state index in [0.717, 1.165) is 11.1 Å². The van der Waals surface area contributed by atoms with Crippen molar-refractivity contribution in [2.75, 3.05) is 11.5 Å². The SMILES string of the molecule is Nc1nc(N)c2c(CCCc3ccc(C(=O)N[C@@H](CCC(=O)O)C(=O)C(C[C@H](N)C(=O)O)C(=O)O)cc3Cl)c[nH]c2n1. The van der Waals surface area contributed by atoms with Crippen LogP contribution in [0.25, 0.3) is 11.0 Å². The number of nitrogens with one attached hydrogen (secondary N) is 2. The van der Waals surface area contributed by atoms with Crippen LogP contribution in [0.5, 0.6) is 0 Å². The van der Waals surface area contributed by atoms with E-state index in [0.29, 0.717) is 30.3 Å². The molecule has 3 atom stereocenters. The second-order valence-electron chi connectivity index (χ2n) is 9.60. The zero-order valence-electron chi connectivity index (χ0n) is 22.2. The predicted molar refractivity (Wildman–Crippen MR) is 151 cm³/mol. The fraction of sp³-hybridized carbons (Fsp3) is 0.346. The third-order valence-electron chi connectivity index (χ3n) is 6.61. The average molecular weight is 604 g/mol. The van der Waals surface area contributed by atoms with Crippen LogP contribution in [0.15, 0.2) is 24.4 Å². The standard InChI is InChI=1S/C26H30ClN7O8/c27-15-8-12(5-4-11(15)2-1-3-13-10-31-22-19(13)21(29)33-26(30)34-22)23(38)32-17(6-7-18(35)36)20(37)14(24(39)40)9-16(28)25(41)42/h4-5,8,10,14,16-17H,1-3,6-7,9,28H2,(H,32,38)(H,35,36)(H,39,40)(H,41,42)(H5,29,30,31,33,34)/t14?,16-,17-/m0/s1. The highest BCUT2D eigenvalue weighted by Gasteiger charge is 2.36. The van der Waals surface area contributed by atoms with Crippen LogP contribution < -0.4 is 22.5 Å².